The van der Waals surface area contributed by atoms with Gasteiger partial charge in [-0.1, -0.05) is 12.1 Å². The molecule has 0 fully saturated rings. The maximum atomic E-state index is 12.1. The zero-order valence-corrected chi connectivity index (χ0v) is 11.9. The van der Waals surface area contributed by atoms with Gasteiger partial charge in [-0.3, -0.25) is 9.59 Å². The molecule has 4 heteroatoms. The van der Waals surface area contributed by atoms with Crippen LogP contribution < -0.4 is 5.32 Å². The number of nitrogens with one attached hydrogen (secondary N) is 1. The first kappa shape index (κ1) is 13.5. The summed E-state index contributed by atoms with van der Waals surface area (Å²) in [6, 6.07) is 8.84. The van der Waals surface area contributed by atoms with Crippen molar-refractivity contribution in [3.05, 3.63) is 51.2 Å². The number of hydrogen-bond acceptors (Lipinski definition) is 3. The summed E-state index contributed by atoms with van der Waals surface area (Å²) in [6.45, 7) is 5.41. The Kier molecular flexibility index (Phi) is 3.81. The van der Waals surface area contributed by atoms with Crippen LogP contribution in [0.4, 0.5) is 5.69 Å². The number of aryl methyl sites for hydroxylation is 2. The van der Waals surface area contributed by atoms with Crippen molar-refractivity contribution < 1.29 is 9.59 Å². The summed E-state index contributed by atoms with van der Waals surface area (Å²) in [6.07, 6.45) is 0. The van der Waals surface area contributed by atoms with Gasteiger partial charge in [0.05, 0.1) is 5.56 Å². The molecule has 0 aliphatic carbocycles. The lowest BCUT2D eigenvalue weighted by atomic mass is 10.1. The van der Waals surface area contributed by atoms with Crippen LogP contribution in [-0.2, 0) is 0 Å². The molecule has 0 spiro atoms. The molecule has 0 aliphatic rings. The lowest BCUT2D eigenvalue weighted by Gasteiger charge is -2.06. The van der Waals surface area contributed by atoms with E-state index in [1.165, 1.54) is 6.92 Å². The van der Waals surface area contributed by atoms with Crippen LogP contribution >= 0.6 is 11.3 Å². The molecule has 2 rings (SSSR count). The Bertz CT molecular complexity index is 643. The Morgan fingerprint density at radius 1 is 1.16 bits per heavy atom. The molecular weight excluding hydrogens is 258 g/mol. The van der Waals surface area contributed by atoms with Gasteiger partial charge < -0.3 is 5.32 Å². The van der Waals surface area contributed by atoms with Crippen LogP contribution in [-0.4, -0.2) is 11.7 Å². The van der Waals surface area contributed by atoms with E-state index < -0.39 is 0 Å². The first-order valence-electron chi connectivity index (χ1n) is 5.97. The fourth-order valence-electron chi connectivity index (χ4n) is 1.87. The van der Waals surface area contributed by atoms with Crippen molar-refractivity contribution in [1.29, 1.82) is 0 Å². The average Bonchev–Trinajstić information content (AvgIpc) is 2.69. The molecule has 19 heavy (non-hydrogen) atoms. The van der Waals surface area contributed by atoms with Crippen LogP contribution in [0.2, 0.25) is 0 Å². The van der Waals surface area contributed by atoms with Gasteiger partial charge in [-0.25, -0.2) is 0 Å². The Morgan fingerprint density at radius 2 is 1.89 bits per heavy atom. The quantitative estimate of drug-likeness (QED) is 0.864. The van der Waals surface area contributed by atoms with Crippen LogP contribution in [0.5, 0.6) is 0 Å². The molecule has 1 heterocycles. The highest BCUT2D eigenvalue weighted by molar-refractivity contribution is 7.12. The highest BCUT2D eigenvalue weighted by Crippen LogP contribution is 2.22. The molecular formula is C15H15NO2S. The van der Waals surface area contributed by atoms with Gasteiger partial charge in [0.1, 0.15) is 0 Å². The van der Waals surface area contributed by atoms with Gasteiger partial charge in [-0.2, -0.15) is 0 Å². The predicted molar refractivity (Wildman–Crippen MR) is 78.2 cm³/mol. The van der Waals surface area contributed by atoms with Crippen molar-refractivity contribution in [2.45, 2.75) is 20.8 Å². The zero-order valence-electron chi connectivity index (χ0n) is 11.1. The number of carbonyl (C=O) groups excluding carboxylic acids is 2. The van der Waals surface area contributed by atoms with Crippen LogP contribution in [0.25, 0.3) is 0 Å². The molecule has 2 aromatic rings. The van der Waals surface area contributed by atoms with Gasteiger partial charge in [0.15, 0.2) is 5.78 Å². The third kappa shape index (κ3) is 3.09. The molecule has 1 amide bonds. The molecule has 0 bridgehead atoms. The summed E-state index contributed by atoms with van der Waals surface area (Å²) < 4.78 is 0. The maximum absolute atomic E-state index is 12.1. The minimum atomic E-state index is -0.137. The molecule has 1 aromatic heterocycles. The van der Waals surface area contributed by atoms with Gasteiger partial charge in [0.2, 0.25) is 0 Å². The number of rotatable bonds is 3. The molecule has 0 saturated heterocycles. The van der Waals surface area contributed by atoms with Gasteiger partial charge in [-0.05, 0) is 39.0 Å². The molecule has 0 atom stereocenters. The van der Waals surface area contributed by atoms with Crippen LogP contribution in [0, 0.1) is 13.8 Å². The van der Waals surface area contributed by atoms with Gasteiger partial charge >= 0.3 is 0 Å². The Labute approximate surface area is 116 Å². The fraction of sp³-hybridized carbons (Fsp3) is 0.200. The van der Waals surface area contributed by atoms with Crippen molar-refractivity contribution in [2.75, 3.05) is 5.32 Å². The lowest BCUT2D eigenvalue weighted by Crippen LogP contribution is -2.12. The molecule has 1 aromatic carbocycles. The number of benzene rings is 1. The zero-order chi connectivity index (χ0) is 14.0. The first-order chi connectivity index (χ1) is 8.97. The Hall–Kier alpha value is -1.94. The van der Waals surface area contributed by atoms with Crippen molar-refractivity contribution in [1.82, 2.24) is 0 Å². The van der Waals surface area contributed by atoms with E-state index in [1.807, 2.05) is 19.9 Å². The highest BCUT2D eigenvalue weighted by atomic mass is 32.1. The average molecular weight is 273 g/mol. The van der Waals surface area contributed by atoms with Crippen molar-refractivity contribution >= 4 is 28.7 Å². The van der Waals surface area contributed by atoms with Crippen molar-refractivity contribution in [2.24, 2.45) is 0 Å². The summed E-state index contributed by atoms with van der Waals surface area (Å²) >= 11 is 1.60. The molecule has 1 N–H and O–H groups in total. The summed E-state index contributed by atoms with van der Waals surface area (Å²) in [5, 5.41) is 2.82. The summed E-state index contributed by atoms with van der Waals surface area (Å²) in [4.78, 5) is 25.5. The van der Waals surface area contributed by atoms with Crippen LogP contribution in [0.3, 0.4) is 0 Å². The van der Waals surface area contributed by atoms with Crippen LogP contribution in [0.15, 0.2) is 30.3 Å². The number of thiophene rings is 1. The fourth-order valence-corrected chi connectivity index (χ4v) is 2.79. The smallest absolute Gasteiger partial charge is 0.256 e. The van der Waals surface area contributed by atoms with E-state index in [-0.39, 0.29) is 11.7 Å². The predicted octanol–water partition coefficient (Wildman–Crippen LogP) is 3.82. The van der Waals surface area contributed by atoms with E-state index in [1.54, 1.807) is 35.6 Å². The van der Waals surface area contributed by atoms with E-state index in [0.717, 1.165) is 9.75 Å². The van der Waals surface area contributed by atoms with Crippen molar-refractivity contribution in [3.8, 4) is 0 Å². The first-order valence-corrected chi connectivity index (χ1v) is 6.78. The molecule has 0 saturated carbocycles. The SMILES string of the molecule is CC(=O)c1cccc(NC(=O)c2cc(C)sc2C)c1. The largest absolute Gasteiger partial charge is 0.322 e. The Balaban J connectivity index is 2.21. The second-order valence-corrected chi connectivity index (χ2v) is 5.88. The molecule has 0 radical (unpaired) electrons. The minimum Gasteiger partial charge on any atom is -0.322 e. The lowest BCUT2D eigenvalue weighted by molar-refractivity contribution is 0.101. The summed E-state index contributed by atoms with van der Waals surface area (Å²) in [5.41, 5.74) is 1.92. The minimum absolute atomic E-state index is 0.0151. The number of amides is 1. The monoisotopic (exact) mass is 273 g/mol. The standard InChI is InChI=1S/C15H15NO2S/c1-9-7-14(11(3)19-9)15(18)16-13-6-4-5-12(8-13)10(2)17/h4-8H,1-3H3,(H,16,18). The molecule has 0 unspecified atom stereocenters. The van der Waals surface area contributed by atoms with E-state index in [4.69, 9.17) is 0 Å². The molecule has 0 aliphatic heterocycles. The van der Waals surface area contributed by atoms with E-state index in [0.29, 0.717) is 16.8 Å². The highest BCUT2D eigenvalue weighted by Gasteiger charge is 2.12. The third-order valence-electron chi connectivity index (χ3n) is 2.81. The molecule has 98 valence electrons. The van der Waals surface area contributed by atoms with Crippen LogP contribution in [0.1, 0.15) is 37.4 Å². The summed E-state index contributed by atoms with van der Waals surface area (Å²) in [5.74, 6) is -0.152. The van der Waals surface area contributed by atoms with E-state index >= 15 is 0 Å². The van der Waals surface area contributed by atoms with Gasteiger partial charge in [-0.15, -0.1) is 11.3 Å². The molecule has 3 nitrogen and oxygen atoms in total. The normalized spacial score (nSPS) is 10.3. The van der Waals surface area contributed by atoms with Gasteiger partial charge in [0.25, 0.3) is 5.91 Å². The second kappa shape index (κ2) is 5.36. The third-order valence-corrected chi connectivity index (χ3v) is 3.78. The number of ketones is 1. The second-order valence-electron chi connectivity index (χ2n) is 4.42. The topological polar surface area (TPSA) is 46.2 Å². The number of carbonyl (C=O) groups is 2. The van der Waals surface area contributed by atoms with Gasteiger partial charge in [0, 0.05) is 21.0 Å². The number of anilines is 1. The number of Topliss-reactive ketones (excluding diaryl/α,β-unsaturated/α-hetero) is 1. The van der Waals surface area contributed by atoms with E-state index in [9.17, 15) is 9.59 Å². The number of hydrogen-bond donors (Lipinski definition) is 1. The van der Waals surface area contributed by atoms with Crippen molar-refractivity contribution in [3.63, 3.8) is 0 Å². The Morgan fingerprint density at radius 3 is 2.47 bits per heavy atom. The maximum Gasteiger partial charge on any atom is 0.256 e. The van der Waals surface area contributed by atoms with E-state index in [2.05, 4.69) is 5.32 Å². The summed E-state index contributed by atoms with van der Waals surface area (Å²) in [7, 11) is 0.